The third-order valence-electron chi connectivity index (χ3n) is 4.07. The fourth-order valence-electron chi connectivity index (χ4n) is 2.87. The van der Waals surface area contributed by atoms with Crippen LogP contribution >= 0.6 is 15.9 Å². The molecule has 1 N–H and O–H groups in total. The number of carbonyl (C=O) groups excluding carboxylic acids is 2. The number of rotatable bonds is 5. The summed E-state index contributed by atoms with van der Waals surface area (Å²) in [7, 11) is 1.22. The Morgan fingerprint density at radius 3 is 2.54 bits per heavy atom. The second-order valence-electron chi connectivity index (χ2n) is 5.51. The molecule has 3 aromatic rings. The Kier molecular flexibility index (Phi) is 4.81. The van der Waals surface area contributed by atoms with Crippen LogP contribution in [0.5, 0.6) is 0 Å². The van der Waals surface area contributed by atoms with E-state index in [2.05, 4.69) is 25.7 Å². The van der Waals surface area contributed by atoms with Crippen LogP contribution in [0.2, 0.25) is 0 Å². The molecule has 122 valence electrons. The van der Waals surface area contributed by atoms with Crippen LogP contribution in [-0.4, -0.2) is 23.8 Å². The number of fused-ring (bicyclic) bond motifs is 1. The summed E-state index contributed by atoms with van der Waals surface area (Å²) in [6, 6.07) is 15.7. The van der Waals surface area contributed by atoms with E-state index in [0.29, 0.717) is 0 Å². The molecule has 0 saturated heterocycles. The summed E-state index contributed by atoms with van der Waals surface area (Å²) in [4.78, 5) is 27.0. The minimum Gasteiger partial charge on any atom is -0.463 e. The van der Waals surface area contributed by atoms with Gasteiger partial charge in [0.05, 0.1) is 7.11 Å². The number of benzene rings is 2. The maximum absolute atomic E-state index is 12.2. The molecule has 24 heavy (non-hydrogen) atoms. The number of carbonyl (C=O) groups is 2. The standard InChI is InChI=1S/C19H16BrNO3/c1-24-19(23)18(22)10-15(12-6-8-13(20)9-7-12)16-11-21-17-5-3-2-4-14(16)17/h2-9,11,15,21H,10H2,1H3/t15-/m0/s1. The van der Waals surface area contributed by atoms with Gasteiger partial charge in [-0.05, 0) is 29.3 Å². The molecule has 1 heterocycles. The Morgan fingerprint density at radius 1 is 1.12 bits per heavy atom. The summed E-state index contributed by atoms with van der Waals surface area (Å²) in [5, 5.41) is 1.04. The Balaban J connectivity index is 2.06. The molecule has 0 unspecified atom stereocenters. The largest absolute Gasteiger partial charge is 0.463 e. The number of ketones is 1. The van der Waals surface area contributed by atoms with Crippen molar-refractivity contribution in [3.8, 4) is 0 Å². The molecule has 1 aromatic heterocycles. The van der Waals surface area contributed by atoms with E-state index < -0.39 is 11.8 Å². The molecular formula is C19H16BrNO3. The lowest BCUT2D eigenvalue weighted by molar-refractivity contribution is -0.151. The number of para-hydroxylation sites is 1. The zero-order valence-corrected chi connectivity index (χ0v) is 14.7. The van der Waals surface area contributed by atoms with Gasteiger partial charge in [0.1, 0.15) is 0 Å². The van der Waals surface area contributed by atoms with E-state index >= 15 is 0 Å². The van der Waals surface area contributed by atoms with Crippen molar-refractivity contribution in [3.63, 3.8) is 0 Å². The first-order valence-corrected chi connectivity index (χ1v) is 8.32. The highest BCUT2D eigenvalue weighted by Gasteiger charge is 2.25. The number of ether oxygens (including phenoxy) is 1. The number of H-pyrrole nitrogens is 1. The maximum Gasteiger partial charge on any atom is 0.374 e. The van der Waals surface area contributed by atoms with Crippen LogP contribution in [0.4, 0.5) is 0 Å². The average molecular weight is 386 g/mol. The number of esters is 1. The summed E-state index contributed by atoms with van der Waals surface area (Å²) >= 11 is 3.42. The first kappa shape index (κ1) is 16.5. The molecule has 0 amide bonds. The summed E-state index contributed by atoms with van der Waals surface area (Å²) < 4.78 is 5.53. The zero-order valence-electron chi connectivity index (χ0n) is 13.1. The van der Waals surface area contributed by atoms with Gasteiger partial charge >= 0.3 is 5.97 Å². The summed E-state index contributed by atoms with van der Waals surface area (Å²) in [6.07, 6.45) is 1.97. The summed E-state index contributed by atoms with van der Waals surface area (Å²) in [6.45, 7) is 0. The highest BCUT2D eigenvalue weighted by molar-refractivity contribution is 9.10. The molecule has 4 nitrogen and oxygen atoms in total. The predicted octanol–water partition coefficient (Wildman–Crippen LogP) is 4.19. The number of hydrogen-bond donors (Lipinski definition) is 1. The number of halogens is 1. The van der Waals surface area contributed by atoms with Crippen molar-refractivity contribution in [2.24, 2.45) is 0 Å². The molecule has 2 aromatic carbocycles. The first-order valence-electron chi connectivity index (χ1n) is 7.52. The normalized spacial score (nSPS) is 12.1. The van der Waals surface area contributed by atoms with Crippen molar-refractivity contribution >= 4 is 38.6 Å². The second kappa shape index (κ2) is 7.01. The van der Waals surface area contributed by atoms with Crippen molar-refractivity contribution in [1.82, 2.24) is 4.98 Å². The molecule has 5 heteroatoms. The second-order valence-corrected chi connectivity index (χ2v) is 6.43. The van der Waals surface area contributed by atoms with Crippen molar-refractivity contribution in [2.45, 2.75) is 12.3 Å². The van der Waals surface area contributed by atoms with Crippen LogP contribution in [0.1, 0.15) is 23.5 Å². The molecule has 0 saturated carbocycles. The van der Waals surface area contributed by atoms with Crippen molar-refractivity contribution < 1.29 is 14.3 Å². The number of aromatic nitrogens is 1. The van der Waals surface area contributed by atoms with Gasteiger partial charge in [0.15, 0.2) is 0 Å². The lowest BCUT2D eigenvalue weighted by atomic mass is 9.87. The number of methoxy groups -OCH3 is 1. The zero-order chi connectivity index (χ0) is 17.1. The van der Waals surface area contributed by atoms with E-state index in [-0.39, 0.29) is 12.3 Å². The van der Waals surface area contributed by atoms with Gasteiger partial charge in [0.2, 0.25) is 5.78 Å². The fraction of sp³-hybridized carbons (Fsp3) is 0.158. The van der Waals surface area contributed by atoms with Gasteiger partial charge in [-0.3, -0.25) is 4.79 Å². The highest BCUT2D eigenvalue weighted by Crippen LogP contribution is 2.34. The van der Waals surface area contributed by atoms with E-state index in [1.54, 1.807) is 0 Å². The van der Waals surface area contributed by atoms with Gasteiger partial charge < -0.3 is 9.72 Å². The van der Waals surface area contributed by atoms with Crippen LogP contribution in [0.25, 0.3) is 10.9 Å². The highest BCUT2D eigenvalue weighted by atomic mass is 79.9. The Bertz CT molecular complexity index is 883. The minimum absolute atomic E-state index is 0.0656. The average Bonchev–Trinajstić information content (AvgIpc) is 3.03. The van der Waals surface area contributed by atoms with Gasteiger partial charge in [0, 0.05) is 33.9 Å². The molecular weight excluding hydrogens is 370 g/mol. The number of hydrogen-bond acceptors (Lipinski definition) is 3. The number of aromatic amines is 1. The van der Waals surface area contributed by atoms with Crippen LogP contribution in [-0.2, 0) is 14.3 Å². The van der Waals surface area contributed by atoms with Crippen molar-refractivity contribution in [3.05, 3.63) is 70.3 Å². The number of nitrogens with one attached hydrogen (secondary N) is 1. The van der Waals surface area contributed by atoms with Gasteiger partial charge in [-0.25, -0.2) is 4.79 Å². The monoisotopic (exact) mass is 385 g/mol. The van der Waals surface area contributed by atoms with Gasteiger partial charge in [-0.2, -0.15) is 0 Å². The predicted molar refractivity (Wildman–Crippen MR) is 95.9 cm³/mol. The third kappa shape index (κ3) is 3.26. The molecule has 0 aliphatic heterocycles. The Morgan fingerprint density at radius 2 is 1.83 bits per heavy atom. The van der Waals surface area contributed by atoms with E-state index in [9.17, 15) is 9.59 Å². The van der Waals surface area contributed by atoms with Crippen molar-refractivity contribution in [1.29, 1.82) is 0 Å². The molecule has 0 fully saturated rings. The van der Waals surface area contributed by atoms with Crippen LogP contribution in [0.15, 0.2) is 59.2 Å². The van der Waals surface area contributed by atoms with Gasteiger partial charge in [0.25, 0.3) is 0 Å². The van der Waals surface area contributed by atoms with Crippen molar-refractivity contribution in [2.75, 3.05) is 7.11 Å². The van der Waals surface area contributed by atoms with E-state index in [1.807, 2.05) is 54.7 Å². The molecule has 3 rings (SSSR count). The molecule has 0 aliphatic carbocycles. The molecule has 0 spiro atoms. The lowest BCUT2D eigenvalue weighted by Crippen LogP contribution is -2.19. The van der Waals surface area contributed by atoms with Crippen LogP contribution in [0.3, 0.4) is 0 Å². The number of Topliss-reactive ketones (excluding diaryl/α,β-unsaturated/α-hetero) is 1. The minimum atomic E-state index is -0.808. The van der Waals surface area contributed by atoms with Crippen LogP contribution < -0.4 is 0 Å². The van der Waals surface area contributed by atoms with Crippen LogP contribution in [0, 0.1) is 0 Å². The van der Waals surface area contributed by atoms with E-state index in [4.69, 9.17) is 0 Å². The maximum atomic E-state index is 12.2. The Labute approximate surface area is 148 Å². The summed E-state index contributed by atoms with van der Waals surface area (Å²) in [5.74, 6) is -1.56. The first-order chi connectivity index (χ1) is 11.6. The van der Waals surface area contributed by atoms with Gasteiger partial charge in [-0.1, -0.05) is 46.3 Å². The van der Waals surface area contributed by atoms with Gasteiger partial charge in [-0.15, -0.1) is 0 Å². The Hall–Kier alpha value is -2.40. The molecule has 0 bridgehead atoms. The molecule has 1 atom stereocenters. The fourth-order valence-corrected chi connectivity index (χ4v) is 3.13. The summed E-state index contributed by atoms with van der Waals surface area (Å²) in [5.41, 5.74) is 2.96. The molecule has 0 aliphatic rings. The topological polar surface area (TPSA) is 59.2 Å². The molecule has 0 radical (unpaired) electrons. The third-order valence-corrected chi connectivity index (χ3v) is 4.60. The van der Waals surface area contributed by atoms with E-state index in [1.165, 1.54) is 7.11 Å². The van der Waals surface area contributed by atoms with E-state index in [0.717, 1.165) is 26.5 Å². The SMILES string of the molecule is COC(=O)C(=O)C[C@@H](c1ccc(Br)cc1)c1c[nH]c2ccccc12. The lowest BCUT2D eigenvalue weighted by Gasteiger charge is -2.16. The smallest absolute Gasteiger partial charge is 0.374 e. The quantitative estimate of drug-likeness (QED) is 0.528.